The van der Waals surface area contributed by atoms with Crippen molar-refractivity contribution >= 4 is 0 Å². The summed E-state index contributed by atoms with van der Waals surface area (Å²) in [6, 6.07) is 3.61. The Hall–Kier alpha value is -1.03. The molecular formula is C17H26F3N. The molecule has 0 radical (unpaired) electrons. The van der Waals surface area contributed by atoms with Gasteiger partial charge in [-0.15, -0.1) is 0 Å². The molecular weight excluding hydrogens is 275 g/mol. The van der Waals surface area contributed by atoms with Crippen molar-refractivity contribution < 1.29 is 13.2 Å². The van der Waals surface area contributed by atoms with Crippen LogP contribution in [-0.2, 0) is 6.18 Å². The monoisotopic (exact) mass is 301 g/mol. The lowest BCUT2D eigenvalue weighted by atomic mass is 9.81. The number of benzene rings is 1. The van der Waals surface area contributed by atoms with Crippen LogP contribution in [0.4, 0.5) is 13.2 Å². The molecule has 1 nitrogen and oxygen atoms in total. The molecule has 0 spiro atoms. The van der Waals surface area contributed by atoms with Crippen LogP contribution in [0, 0.1) is 18.3 Å². The molecule has 2 N–H and O–H groups in total. The van der Waals surface area contributed by atoms with Gasteiger partial charge in [-0.25, -0.2) is 0 Å². The summed E-state index contributed by atoms with van der Waals surface area (Å²) in [4.78, 5) is 0. The maximum absolute atomic E-state index is 12.7. The van der Waals surface area contributed by atoms with Crippen LogP contribution in [0.5, 0.6) is 0 Å². The van der Waals surface area contributed by atoms with Crippen molar-refractivity contribution in [3.05, 3.63) is 34.9 Å². The first kappa shape index (κ1) is 18.0. The largest absolute Gasteiger partial charge is 0.416 e. The Labute approximate surface area is 125 Å². The molecule has 0 aliphatic rings. The molecule has 0 saturated heterocycles. The van der Waals surface area contributed by atoms with Gasteiger partial charge < -0.3 is 5.73 Å². The molecule has 1 aromatic rings. The van der Waals surface area contributed by atoms with E-state index in [4.69, 9.17) is 5.73 Å². The Morgan fingerprint density at radius 1 is 1.14 bits per heavy atom. The topological polar surface area (TPSA) is 26.0 Å². The lowest BCUT2D eigenvalue weighted by Crippen LogP contribution is -2.19. The predicted octanol–water partition coefficient (Wildman–Crippen LogP) is 5.48. The van der Waals surface area contributed by atoms with Crippen molar-refractivity contribution in [1.29, 1.82) is 0 Å². The second-order valence-electron chi connectivity index (χ2n) is 7.28. The minimum Gasteiger partial charge on any atom is -0.324 e. The van der Waals surface area contributed by atoms with Crippen LogP contribution in [0.3, 0.4) is 0 Å². The number of hydrogen-bond donors (Lipinski definition) is 1. The van der Waals surface area contributed by atoms with Crippen molar-refractivity contribution in [1.82, 2.24) is 0 Å². The van der Waals surface area contributed by atoms with Crippen molar-refractivity contribution in [2.24, 2.45) is 17.1 Å². The van der Waals surface area contributed by atoms with Gasteiger partial charge in [0.05, 0.1) is 5.56 Å². The average molecular weight is 301 g/mol. The quantitative estimate of drug-likeness (QED) is 0.783. The zero-order chi connectivity index (χ0) is 16.4. The number of nitrogens with two attached hydrogens (primary N) is 1. The Balaban J connectivity index is 2.82. The van der Waals surface area contributed by atoms with Crippen molar-refractivity contribution in [3.8, 4) is 0 Å². The molecule has 2 atom stereocenters. The molecule has 0 bridgehead atoms. The van der Waals surface area contributed by atoms with Gasteiger partial charge in [0.1, 0.15) is 0 Å². The summed E-state index contributed by atoms with van der Waals surface area (Å²) in [5, 5.41) is 0. The molecule has 0 fully saturated rings. The van der Waals surface area contributed by atoms with Crippen LogP contribution in [0.2, 0.25) is 0 Å². The Bertz CT molecular complexity index is 472. The third-order valence-corrected chi connectivity index (χ3v) is 3.61. The molecule has 0 heterocycles. The highest BCUT2D eigenvalue weighted by atomic mass is 19.4. The molecule has 1 aromatic carbocycles. The Kier molecular flexibility index (Phi) is 5.48. The number of hydrogen-bond acceptors (Lipinski definition) is 1. The van der Waals surface area contributed by atoms with Gasteiger partial charge in [-0.3, -0.25) is 0 Å². The molecule has 4 heteroatoms. The van der Waals surface area contributed by atoms with E-state index in [1.807, 2.05) is 0 Å². The highest BCUT2D eigenvalue weighted by Crippen LogP contribution is 2.34. The fraction of sp³-hybridized carbons (Fsp3) is 0.647. The van der Waals surface area contributed by atoms with E-state index >= 15 is 0 Å². The van der Waals surface area contributed by atoms with E-state index in [0.29, 0.717) is 11.5 Å². The zero-order valence-corrected chi connectivity index (χ0v) is 13.5. The van der Waals surface area contributed by atoms with E-state index in [1.54, 1.807) is 6.92 Å². The lowest BCUT2D eigenvalue weighted by molar-refractivity contribution is -0.137. The van der Waals surface area contributed by atoms with E-state index in [1.165, 1.54) is 12.1 Å². The SMILES string of the molecule is Cc1cc(C(F)(F)F)ccc1C(N)CC(C)CC(C)(C)C. The van der Waals surface area contributed by atoms with Gasteiger partial charge in [-0.1, -0.05) is 33.8 Å². The molecule has 120 valence electrons. The van der Waals surface area contributed by atoms with Gasteiger partial charge in [-0.05, 0) is 54.4 Å². The number of rotatable bonds is 4. The molecule has 0 amide bonds. The minimum absolute atomic E-state index is 0.218. The standard InChI is InChI=1S/C17H26F3N/c1-11(10-16(3,4)5)8-15(21)14-7-6-13(9-12(14)2)17(18,19)20/h6-7,9,11,15H,8,10,21H2,1-5H3. The molecule has 0 aromatic heterocycles. The first-order valence-corrected chi connectivity index (χ1v) is 7.33. The fourth-order valence-corrected chi connectivity index (χ4v) is 2.96. The number of alkyl halides is 3. The van der Waals surface area contributed by atoms with Gasteiger partial charge >= 0.3 is 6.18 Å². The zero-order valence-electron chi connectivity index (χ0n) is 13.5. The van der Waals surface area contributed by atoms with Crippen LogP contribution in [-0.4, -0.2) is 0 Å². The second-order valence-corrected chi connectivity index (χ2v) is 7.28. The fourth-order valence-electron chi connectivity index (χ4n) is 2.96. The Morgan fingerprint density at radius 2 is 1.71 bits per heavy atom. The van der Waals surface area contributed by atoms with E-state index in [-0.39, 0.29) is 11.5 Å². The van der Waals surface area contributed by atoms with Gasteiger partial charge in [0.25, 0.3) is 0 Å². The van der Waals surface area contributed by atoms with E-state index in [2.05, 4.69) is 27.7 Å². The molecule has 1 rings (SSSR count). The van der Waals surface area contributed by atoms with Crippen LogP contribution >= 0.6 is 0 Å². The first-order valence-electron chi connectivity index (χ1n) is 7.33. The average Bonchev–Trinajstić information content (AvgIpc) is 2.24. The smallest absolute Gasteiger partial charge is 0.324 e. The van der Waals surface area contributed by atoms with Crippen molar-refractivity contribution in [2.45, 2.75) is 59.7 Å². The summed E-state index contributed by atoms with van der Waals surface area (Å²) in [5.74, 6) is 0.432. The summed E-state index contributed by atoms with van der Waals surface area (Å²) < 4.78 is 38.0. The lowest BCUT2D eigenvalue weighted by Gasteiger charge is -2.26. The number of aryl methyl sites for hydroxylation is 1. The van der Waals surface area contributed by atoms with Gasteiger partial charge in [0.2, 0.25) is 0 Å². The first-order chi connectivity index (χ1) is 9.40. The highest BCUT2D eigenvalue weighted by molar-refractivity contribution is 5.34. The Morgan fingerprint density at radius 3 is 2.14 bits per heavy atom. The predicted molar refractivity (Wildman–Crippen MR) is 81.0 cm³/mol. The van der Waals surface area contributed by atoms with Crippen molar-refractivity contribution in [2.75, 3.05) is 0 Å². The van der Waals surface area contributed by atoms with Gasteiger partial charge in [0.15, 0.2) is 0 Å². The van der Waals surface area contributed by atoms with E-state index < -0.39 is 11.7 Å². The normalized spacial score (nSPS) is 15.9. The summed E-state index contributed by atoms with van der Waals surface area (Å²) in [7, 11) is 0. The second kappa shape index (κ2) is 6.39. The van der Waals surface area contributed by atoms with Gasteiger partial charge in [-0.2, -0.15) is 13.2 Å². The third kappa shape index (κ3) is 5.70. The van der Waals surface area contributed by atoms with Crippen LogP contribution < -0.4 is 5.73 Å². The molecule has 21 heavy (non-hydrogen) atoms. The van der Waals surface area contributed by atoms with Crippen LogP contribution in [0.1, 0.15) is 63.3 Å². The number of halogens is 3. The molecule has 0 aliphatic heterocycles. The summed E-state index contributed by atoms with van der Waals surface area (Å²) in [6.07, 6.45) is -2.48. The molecule has 0 saturated carbocycles. The van der Waals surface area contributed by atoms with Gasteiger partial charge in [0, 0.05) is 6.04 Å². The summed E-state index contributed by atoms with van der Waals surface area (Å²) >= 11 is 0. The summed E-state index contributed by atoms with van der Waals surface area (Å²) in [6.45, 7) is 10.4. The maximum Gasteiger partial charge on any atom is 0.416 e. The van der Waals surface area contributed by atoms with Crippen LogP contribution in [0.15, 0.2) is 18.2 Å². The highest BCUT2D eigenvalue weighted by Gasteiger charge is 2.31. The van der Waals surface area contributed by atoms with Crippen molar-refractivity contribution in [3.63, 3.8) is 0 Å². The van der Waals surface area contributed by atoms with E-state index in [9.17, 15) is 13.2 Å². The van der Waals surface area contributed by atoms with Crippen LogP contribution in [0.25, 0.3) is 0 Å². The minimum atomic E-state index is -4.30. The molecule has 2 unspecified atom stereocenters. The third-order valence-electron chi connectivity index (χ3n) is 3.61. The molecule has 0 aliphatic carbocycles. The summed E-state index contributed by atoms with van der Waals surface area (Å²) in [5.41, 5.74) is 7.23. The maximum atomic E-state index is 12.7. The van der Waals surface area contributed by atoms with E-state index in [0.717, 1.165) is 24.5 Å².